The van der Waals surface area contributed by atoms with Crippen LogP contribution < -0.4 is 15.6 Å². The van der Waals surface area contributed by atoms with Gasteiger partial charge in [0, 0.05) is 42.2 Å². The number of non-ortho nitro benzene ring substituents is 1. The molecule has 1 fully saturated rings. The summed E-state index contributed by atoms with van der Waals surface area (Å²) in [5.74, 6) is -0.315. The van der Waals surface area contributed by atoms with Gasteiger partial charge in [-0.3, -0.25) is 14.9 Å². The van der Waals surface area contributed by atoms with Gasteiger partial charge >= 0.3 is 0 Å². The SMILES string of the molecule is Cc1ccc(NCC(=O)N/N=C/c2cc([N+](=O)[O-])ccc2N2CCOCC2)c(C)c1. The number of carbonyl (C=O) groups is 1. The maximum Gasteiger partial charge on any atom is 0.270 e. The first kappa shape index (κ1) is 21.3. The molecule has 0 saturated carbocycles. The van der Waals surface area contributed by atoms with Gasteiger partial charge in [0.1, 0.15) is 0 Å². The van der Waals surface area contributed by atoms with E-state index >= 15 is 0 Å². The Morgan fingerprint density at radius 2 is 2.00 bits per heavy atom. The summed E-state index contributed by atoms with van der Waals surface area (Å²) in [5.41, 5.74) is 6.90. The fraction of sp³-hybridized carbons (Fsp3) is 0.333. The van der Waals surface area contributed by atoms with E-state index in [-0.39, 0.29) is 18.1 Å². The Morgan fingerprint density at radius 3 is 2.70 bits per heavy atom. The van der Waals surface area contributed by atoms with Crippen molar-refractivity contribution in [3.05, 3.63) is 63.2 Å². The molecule has 0 aromatic heterocycles. The third-order valence-corrected chi connectivity index (χ3v) is 4.79. The van der Waals surface area contributed by atoms with Crippen molar-refractivity contribution >= 4 is 29.2 Å². The summed E-state index contributed by atoms with van der Waals surface area (Å²) in [7, 11) is 0. The van der Waals surface area contributed by atoms with Crippen molar-refractivity contribution in [1.82, 2.24) is 5.43 Å². The van der Waals surface area contributed by atoms with Crippen molar-refractivity contribution in [1.29, 1.82) is 0 Å². The van der Waals surface area contributed by atoms with Crippen LogP contribution in [0.25, 0.3) is 0 Å². The molecule has 0 unspecified atom stereocenters. The van der Waals surface area contributed by atoms with Gasteiger partial charge in [-0.05, 0) is 31.5 Å². The summed E-state index contributed by atoms with van der Waals surface area (Å²) in [6, 6.07) is 10.6. The summed E-state index contributed by atoms with van der Waals surface area (Å²) in [5, 5.41) is 18.2. The molecule has 1 heterocycles. The third kappa shape index (κ3) is 5.54. The minimum atomic E-state index is -0.452. The molecule has 158 valence electrons. The molecule has 3 rings (SSSR count). The van der Waals surface area contributed by atoms with E-state index in [0.717, 1.165) is 22.5 Å². The van der Waals surface area contributed by atoms with Gasteiger partial charge in [-0.2, -0.15) is 5.10 Å². The zero-order valence-corrected chi connectivity index (χ0v) is 17.1. The number of aryl methyl sites for hydroxylation is 2. The lowest BCUT2D eigenvalue weighted by Gasteiger charge is -2.29. The largest absolute Gasteiger partial charge is 0.378 e. The Morgan fingerprint density at radius 1 is 1.23 bits per heavy atom. The topological polar surface area (TPSA) is 109 Å². The number of carbonyl (C=O) groups excluding carboxylic acids is 1. The monoisotopic (exact) mass is 411 g/mol. The Kier molecular flexibility index (Phi) is 6.97. The standard InChI is InChI=1S/C21H25N5O4/c1-15-3-5-19(16(2)11-15)22-14-21(27)24-23-13-17-12-18(26(28)29)4-6-20(17)25-7-9-30-10-8-25/h3-6,11-13,22H,7-10,14H2,1-2H3,(H,24,27)/b23-13+. The molecule has 30 heavy (non-hydrogen) atoms. The highest BCUT2D eigenvalue weighted by molar-refractivity contribution is 5.90. The first-order chi connectivity index (χ1) is 14.4. The van der Waals surface area contributed by atoms with Crippen LogP contribution in [-0.4, -0.2) is 49.9 Å². The van der Waals surface area contributed by atoms with Crippen molar-refractivity contribution in [2.45, 2.75) is 13.8 Å². The molecule has 1 aliphatic rings. The quantitative estimate of drug-likeness (QED) is 0.412. The summed E-state index contributed by atoms with van der Waals surface area (Å²) >= 11 is 0. The van der Waals surface area contributed by atoms with Crippen molar-refractivity contribution in [2.24, 2.45) is 5.10 Å². The van der Waals surface area contributed by atoms with E-state index in [1.165, 1.54) is 18.3 Å². The molecule has 2 N–H and O–H groups in total. The smallest absolute Gasteiger partial charge is 0.270 e. The molecule has 0 spiro atoms. The summed E-state index contributed by atoms with van der Waals surface area (Å²) in [4.78, 5) is 24.9. The van der Waals surface area contributed by atoms with Crippen LogP contribution in [0, 0.1) is 24.0 Å². The third-order valence-electron chi connectivity index (χ3n) is 4.79. The minimum absolute atomic E-state index is 0.0312. The highest BCUT2D eigenvalue weighted by Gasteiger charge is 2.17. The van der Waals surface area contributed by atoms with E-state index in [0.29, 0.717) is 31.9 Å². The van der Waals surface area contributed by atoms with Crippen LogP contribution in [-0.2, 0) is 9.53 Å². The number of amides is 1. The van der Waals surface area contributed by atoms with Crippen molar-refractivity contribution in [3.8, 4) is 0 Å². The molecular formula is C21H25N5O4. The molecule has 9 nitrogen and oxygen atoms in total. The molecule has 0 aliphatic carbocycles. The minimum Gasteiger partial charge on any atom is -0.378 e. The lowest BCUT2D eigenvalue weighted by atomic mass is 10.1. The molecule has 1 saturated heterocycles. The van der Waals surface area contributed by atoms with Gasteiger partial charge in [-0.1, -0.05) is 17.7 Å². The van der Waals surface area contributed by atoms with Gasteiger partial charge in [0.2, 0.25) is 0 Å². The molecule has 2 aromatic rings. The first-order valence-corrected chi connectivity index (χ1v) is 9.68. The van der Waals surface area contributed by atoms with Crippen LogP contribution in [0.15, 0.2) is 41.5 Å². The number of hydrogen-bond acceptors (Lipinski definition) is 7. The number of nitrogens with one attached hydrogen (secondary N) is 2. The van der Waals surface area contributed by atoms with Crippen LogP contribution in [0.4, 0.5) is 17.1 Å². The maximum atomic E-state index is 12.1. The summed E-state index contributed by atoms with van der Waals surface area (Å²) in [6.07, 6.45) is 1.44. The average molecular weight is 411 g/mol. The summed E-state index contributed by atoms with van der Waals surface area (Å²) < 4.78 is 5.37. The van der Waals surface area contributed by atoms with Crippen LogP contribution in [0.1, 0.15) is 16.7 Å². The summed E-state index contributed by atoms with van der Waals surface area (Å²) in [6.45, 7) is 6.60. The number of nitro groups is 1. The lowest BCUT2D eigenvalue weighted by Crippen LogP contribution is -2.36. The zero-order chi connectivity index (χ0) is 21.5. The van der Waals surface area contributed by atoms with Crippen molar-refractivity contribution < 1.29 is 14.5 Å². The first-order valence-electron chi connectivity index (χ1n) is 9.68. The number of hydrogen-bond donors (Lipinski definition) is 2. The fourth-order valence-electron chi connectivity index (χ4n) is 3.25. The van der Waals surface area contributed by atoms with Crippen LogP contribution in [0.5, 0.6) is 0 Å². The number of ether oxygens (including phenoxy) is 1. The number of rotatable bonds is 7. The maximum absolute atomic E-state index is 12.1. The van der Waals surface area contributed by atoms with E-state index in [4.69, 9.17) is 4.74 Å². The van der Waals surface area contributed by atoms with Gasteiger partial charge in [0.05, 0.1) is 30.9 Å². The van der Waals surface area contributed by atoms with Gasteiger partial charge in [-0.25, -0.2) is 5.43 Å². The average Bonchev–Trinajstić information content (AvgIpc) is 2.73. The van der Waals surface area contributed by atoms with Gasteiger partial charge in [0.25, 0.3) is 11.6 Å². The van der Waals surface area contributed by atoms with Crippen LogP contribution >= 0.6 is 0 Å². The van der Waals surface area contributed by atoms with Crippen LogP contribution in [0.3, 0.4) is 0 Å². The van der Waals surface area contributed by atoms with E-state index in [1.54, 1.807) is 6.07 Å². The number of hydrazone groups is 1. The van der Waals surface area contributed by atoms with Gasteiger partial charge in [0.15, 0.2) is 0 Å². The molecular weight excluding hydrogens is 386 g/mol. The van der Waals surface area contributed by atoms with Crippen molar-refractivity contribution in [3.63, 3.8) is 0 Å². The fourth-order valence-corrected chi connectivity index (χ4v) is 3.25. The highest BCUT2D eigenvalue weighted by atomic mass is 16.6. The molecule has 0 bridgehead atoms. The number of benzene rings is 2. The Balaban J connectivity index is 1.65. The van der Waals surface area contributed by atoms with Crippen molar-refractivity contribution in [2.75, 3.05) is 43.1 Å². The highest BCUT2D eigenvalue weighted by Crippen LogP contribution is 2.25. The zero-order valence-electron chi connectivity index (χ0n) is 17.1. The molecule has 0 atom stereocenters. The van der Waals surface area contributed by atoms with E-state index < -0.39 is 4.92 Å². The normalized spacial score (nSPS) is 14.0. The molecule has 9 heteroatoms. The van der Waals surface area contributed by atoms with Gasteiger partial charge < -0.3 is 15.0 Å². The number of nitro benzene ring substituents is 1. The Bertz CT molecular complexity index is 954. The molecule has 1 aliphatic heterocycles. The number of anilines is 2. The Hall–Kier alpha value is -3.46. The lowest BCUT2D eigenvalue weighted by molar-refractivity contribution is -0.384. The van der Waals surface area contributed by atoms with E-state index in [9.17, 15) is 14.9 Å². The second-order valence-corrected chi connectivity index (χ2v) is 7.06. The number of nitrogens with zero attached hydrogens (tertiary/aromatic N) is 3. The van der Waals surface area contributed by atoms with Crippen LogP contribution in [0.2, 0.25) is 0 Å². The second-order valence-electron chi connectivity index (χ2n) is 7.06. The molecule has 1 amide bonds. The predicted molar refractivity (Wildman–Crippen MR) is 116 cm³/mol. The number of morpholine rings is 1. The Labute approximate surface area is 174 Å². The van der Waals surface area contributed by atoms with Gasteiger partial charge in [-0.15, -0.1) is 0 Å². The molecule has 0 radical (unpaired) electrons. The predicted octanol–water partition coefficient (Wildman–Crippen LogP) is 2.61. The molecule has 2 aromatic carbocycles. The van der Waals surface area contributed by atoms with E-state index in [2.05, 4.69) is 20.7 Å². The second kappa shape index (κ2) is 9.84. The van der Waals surface area contributed by atoms with E-state index in [1.807, 2.05) is 32.0 Å².